The average Bonchev–Trinajstić information content (AvgIpc) is 2.10. The molecule has 0 saturated heterocycles. The second-order valence-corrected chi connectivity index (χ2v) is 5.04. The predicted octanol–water partition coefficient (Wildman–Crippen LogP) is 2.39. The summed E-state index contributed by atoms with van der Waals surface area (Å²) >= 11 is 9.19. The molecular formula is C9H10BrClO2S. The highest BCUT2D eigenvalue weighted by Gasteiger charge is 2.02. The maximum absolute atomic E-state index is 10.6. The molecule has 0 amide bonds. The fourth-order valence-electron chi connectivity index (χ4n) is 1.15. The zero-order chi connectivity index (χ0) is 10.6. The van der Waals surface area contributed by atoms with Crippen molar-refractivity contribution >= 4 is 38.2 Å². The van der Waals surface area contributed by atoms with Crippen LogP contribution in [0.1, 0.15) is 11.1 Å². The van der Waals surface area contributed by atoms with Crippen molar-refractivity contribution in [2.45, 2.75) is 12.2 Å². The lowest BCUT2D eigenvalue weighted by atomic mass is 10.1. The van der Waals surface area contributed by atoms with Crippen molar-refractivity contribution in [3.63, 3.8) is 0 Å². The van der Waals surface area contributed by atoms with Crippen LogP contribution in [-0.4, -0.2) is 13.7 Å². The van der Waals surface area contributed by atoms with Crippen molar-refractivity contribution in [1.82, 2.24) is 0 Å². The van der Waals surface area contributed by atoms with Gasteiger partial charge in [0, 0.05) is 10.4 Å². The second-order valence-electron chi connectivity index (χ2n) is 2.86. The normalized spacial score (nSPS) is 10.8. The van der Waals surface area contributed by atoms with E-state index in [2.05, 4.69) is 15.9 Å². The summed E-state index contributed by atoms with van der Waals surface area (Å²) in [6.45, 7) is 0. The topological polar surface area (TPSA) is 34.1 Å². The molecule has 14 heavy (non-hydrogen) atoms. The zero-order valence-electron chi connectivity index (χ0n) is 7.37. The molecule has 1 aromatic rings. The van der Waals surface area contributed by atoms with Gasteiger partial charge in [0.2, 0.25) is 0 Å². The predicted molar refractivity (Wildman–Crippen MR) is 63.0 cm³/mol. The summed E-state index contributed by atoms with van der Waals surface area (Å²) in [6.07, 6.45) is 0.875. The van der Waals surface area contributed by atoms with E-state index in [1.54, 1.807) is 6.07 Å². The highest BCUT2D eigenvalue weighted by molar-refractivity contribution is 9.09. The number of halogens is 2. The average molecular weight is 298 g/mol. The van der Waals surface area contributed by atoms with E-state index in [0.29, 0.717) is 10.6 Å². The fraction of sp³-hybridized carbons (Fsp3) is 0.333. The molecule has 0 heterocycles. The summed E-state index contributed by atoms with van der Waals surface area (Å²) in [5.41, 5.74) is 1.78. The minimum absolute atomic E-state index is 0.0181. The van der Waals surface area contributed by atoms with E-state index in [1.807, 2.05) is 12.1 Å². The fourth-order valence-corrected chi connectivity index (χ4v) is 2.43. The van der Waals surface area contributed by atoms with Crippen molar-refractivity contribution < 1.29 is 8.42 Å². The highest BCUT2D eigenvalue weighted by atomic mass is 79.9. The molecule has 0 aromatic heterocycles. The number of hydrogen-bond acceptors (Lipinski definition) is 2. The van der Waals surface area contributed by atoms with E-state index in [9.17, 15) is 8.42 Å². The Balaban J connectivity index is 2.95. The van der Waals surface area contributed by atoms with E-state index in [4.69, 9.17) is 11.6 Å². The highest BCUT2D eigenvalue weighted by Crippen LogP contribution is 2.19. The first kappa shape index (κ1) is 12.0. The Hall–Kier alpha value is -0.0600. The molecule has 1 aromatic carbocycles. The molecule has 0 aliphatic carbocycles. The van der Waals surface area contributed by atoms with Gasteiger partial charge >= 0.3 is 0 Å². The molecule has 0 radical (unpaired) electrons. The smallest absolute Gasteiger partial charge is 0.144 e. The van der Waals surface area contributed by atoms with Gasteiger partial charge in [-0.15, -0.1) is 0 Å². The van der Waals surface area contributed by atoms with Crippen LogP contribution in [-0.2, 0) is 22.9 Å². The van der Waals surface area contributed by atoms with E-state index in [0.717, 1.165) is 17.3 Å². The van der Waals surface area contributed by atoms with Crippen LogP contribution in [0.3, 0.4) is 0 Å². The minimum atomic E-state index is -2.41. The number of rotatable bonds is 4. The number of alkyl halides is 1. The van der Waals surface area contributed by atoms with Gasteiger partial charge in [-0.1, -0.05) is 39.7 Å². The van der Waals surface area contributed by atoms with Crippen LogP contribution in [0.5, 0.6) is 0 Å². The van der Waals surface area contributed by atoms with Gasteiger partial charge in [0.25, 0.3) is 0 Å². The molecule has 0 fully saturated rings. The van der Waals surface area contributed by atoms with Crippen molar-refractivity contribution in [3.05, 3.63) is 34.3 Å². The lowest BCUT2D eigenvalue weighted by Crippen LogP contribution is -1.92. The quantitative estimate of drug-likeness (QED) is 0.684. The number of thiol groups is 1. The minimum Gasteiger partial charge on any atom is -0.232 e. The molecular weight excluding hydrogens is 288 g/mol. The Bertz CT molecular complexity index is 382. The molecule has 0 unspecified atom stereocenters. The lowest BCUT2D eigenvalue weighted by molar-refractivity contribution is 0.614. The van der Waals surface area contributed by atoms with Crippen LogP contribution in [0.2, 0.25) is 5.02 Å². The summed E-state index contributed by atoms with van der Waals surface area (Å²) in [6, 6.07) is 5.49. The Kier molecular flexibility index (Phi) is 4.92. The van der Waals surface area contributed by atoms with Crippen molar-refractivity contribution in [3.8, 4) is 0 Å². The van der Waals surface area contributed by atoms with Crippen LogP contribution < -0.4 is 0 Å². The van der Waals surface area contributed by atoms with Crippen LogP contribution in [0, 0.1) is 0 Å². The van der Waals surface area contributed by atoms with Gasteiger partial charge in [0.1, 0.15) is 10.7 Å². The largest absolute Gasteiger partial charge is 0.232 e. The zero-order valence-corrected chi connectivity index (χ0v) is 10.6. The summed E-state index contributed by atoms with van der Waals surface area (Å²) in [5.74, 6) is 0.0181. The first-order chi connectivity index (χ1) is 6.63. The van der Waals surface area contributed by atoms with Crippen LogP contribution in [0.4, 0.5) is 0 Å². The van der Waals surface area contributed by atoms with Gasteiger partial charge < -0.3 is 0 Å². The summed E-state index contributed by atoms with van der Waals surface area (Å²) in [7, 11) is -2.41. The monoisotopic (exact) mass is 296 g/mol. The Labute approximate surface area is 98.4 Å². The van der Waals surface area contributed by atoms with Gasteiger partial charge in [-0.25, -0.2) is 8.42 Å². The molecule has 0 bridgehead atoms. The molecule has 0 aliphatic rings. The van der Waals surface area contributed by atoms with Gasteiger partial charge in [0.05, 0.1) is 5.75 Å². The number of aryl methyl sites for hydroxylation is 1. The van der Waals surface area contributed by atoms with Crippen molar-refractivity contribution in [2.75, 3.05) is 5.33 Å². The van der Waals surface area contributed by atoms with Gasteiger partial charge in [-0.3, -0.25) is 0 Å². The van der Waals surface area contributed by atoms with Crippen LogP contribution in [0.25, 0.3) is 0 Å². The molecule has 0 aliphatic heterocycles. The summed E-state index contributed by atoms with van der Waals surface area (Å²) in [5, 5.41) is 1.37. The van der Waals surface area contributed by atoms with Crippen LogP contribution >= 0.6 is 27.5 Å². The second kappa shape index (κ2) is 5.73. The number of benzene rings is 1. The molecule has 0 N–H and O–H groups in total. The van der Waals surface area contributed by atoms with E-state index in [-0.39, 0.29) is 5.75 Å². The SMILES string of the molecule is O=[SH](=O)Cc1cc(CCBr)ccc1Cl. The molecule has 2 nitrogen and oxygen atoms in total. The van der Waals surface area contributed by atoms with Gasteiger partial charge in [-0.2, -0.15) is 0 Å². The first-order valence-corrected chi connectivity index (χ1v) is 6.94. The standard InChI is InChI=1S/C9H10BrClO2S/c10-4-3-7-1-2-9(11)8(5-7)6-14(12)13/h1-2,5,14H,3-4,6H2. The summed E-state index contributed by atoms with van der Waals surface area (Å²) < 4.78 is 21.1. The van der Waals surface area contributed by atoms with Crippen molar-refractivity contribution in [1.29, 1.82) is 0 Å². The number of hydrogen-bond donors (Lipinski definition) is 1. The molecule has 1 rings (SSSR count). The maximum Gasteiger partial charge on any atom is 0.144 e. The third-order valence-electron chi connectivity index (χ3n) is 1.79. The van der Waals surface area contributed by atoms with Crippen LogP contribution in [0.15, 0.2) is 18.2 Å². The maximum atomic E-state index is 10.6. The Morgan fingerprint density at radius 3 is 2.64 bits per heavy atom. The van der Waals surface area contributed by atoms with E-state index < -0.39 is 10.7 Å². The Morgan fingerprint density at radius 2 is 2.07 bits per heavy atom. The molecule has 5 heteroatoms. The van der Waals surface area contributed by atoms with E-state index >= 15 is 0 Å². The van der Waals surface area contributed by atoms with Gasteiger partial charge in [-0.05, 0) is 23.6 Å². The van der Waals surface area contributed by atoms with Gasteiger partial charge in [0.15, 0.2) is 0 Å². The lowest BCUT2D eigenvalue weighted by Gasteiger charge is -2.03. The molecule has 78 valence electrons. The van der Waals surface area contributed by atoms with Crippen molar-refractivity contribution in [2.24, 2.45) is 0 Å². The molecule has 0 spiro atoms. The van der Waals surface area contributed by atoms with E-state index in [1.165, 1.54) is 0 Å². The first-order valence-electron chi connectivity index (χ1n) is 4.08. The Morgan fingerprint density at radius 1 is 1.36 bits per heavy atom. The third kappa shape index (κ3) is 3.59. The summed E-state index contributed by atoms with van der Waals surface area (Å²) in [4.78, 5) is 0. The molecule has 0 saturated carbocycles. The molecule has 0 atom stereocenters. The third-order valence-corrected chi connectivity index (χ3v) is 3.16.